The molecule has 0 aromatic heterocycles. The summed E-state index contributed by atoms with van der Waals surface area (Å²) in [5, 5.41) is 28.8. The molecule has 0 N–H and O–H groups in total. The van der Waals surface area contributed by atoms with Gasteiger partial charge in [0.15, 0.2) is 5.75 Å². The van der Waals surface area contributed by atoms with Gasteiger partial charge in [-0.15, -0.1) is 0 Å². The fraction of sp³-hybridized carbons (Fsp3) is 0.647. The maximum Gasteiger partial charge on any atom is 1.00 e. The zero-order valence-corrected chi connectivity index (χ0v) is 23.8. The van der Waals surface area contributed by atoms with Crippen LogP contribution in [0.1, 0.15) is 63.0 Å². The average Bonchev–Trinajstić information content (AvgIpc) is 2.70. The van der Waals surface area contributed by atoms with Gasteiger partial charge >= 0.3 is 59.1 Å². The molecule has 16 heteroatoms. The van der Waals surface area contributed by atoms with Gasteiger partial charge in [-0.25, -0.2) is 4.89 Å². The molecule has 13 nitrogen and oxygen atoms in total. The van der Waals surface area contributed by atoms with Crippen molar-refractivity contribution < 1.29 is 122 Å². The second kappa shape index (κ2) is 23.0. The van der Waals surface area contributed by atoms with Crippen LogP contribution in [0.5, 0.6) is 5.75 Å². The van der Waals surface area contributed by atoms with Crippen LogP contribution in [-0.4, -0.2) is 24.1 Å². The predicted octanol–water partition coefficient (Wildman–Crippen LogP) is -2.96. The maximum absolute atomic E-state index is 8.52. The summed E-state index contributed by atoms with van der Waals surface area (Å²) in [6.45, 7) is 2.47. The van der Waals surface area contributed by atoms with Gasteiger partial charge in [-0.2, -0.15) is 0 Å². The molecule has 1 heterocycles. The molecule has 0 fully saturated rings. The topological polar surface area (TPSA) is 163 Å². The zero-order valence-electron chi connectivity index (χ0n) is 19.0. The van der Waals surface area contributed by atoms with Crippen molar-refractivity contribution in [2.75, 3.05) is 6.61 Å². The Balaban J connectivity index is 0. The molecule has 0 atom stereocenters. The van der Waals surface area contributed by atoms with Gasteiger partial charge in [0.25, 0.3) is 0 Å². The van der Waals surface area contributed by atoms with E-state index in [-0.39, 0.29) is 65.7 Å². The molecule has 0 amide bonds. The molecule has 0 radical (unpaired) electrons. The van der Waals surface area contributed by atoms with Crippen molar-refractivity contribution in [1.29, 1.82) is 0 Å². The Morgan fingerprint density at radius 3 is 2.00 bits per heavy atom. The smallest absolute Gasteiger partial charge is 0.759 e. The Bertz CT molecular complexity index is 655. The Hall–Kier alpha value is 0.570. The van der Waals surface area contributed by atoms with Crippen molar-refractivity contribution >= 4 is 10.4 Å². The maximum atomic E-state index is 8.52. The average molecular weight is 516 g/mol. The van der Waals surface area contributed by atoms with Crippen molar-refractivity contribution in [2.45, 2.75) is 64.7 Å². The molecule has 1 aliphatic heterocycles. The van der Waals surface area contributed by atoms with Crippen LogP contribution < -0.4 is 64.0 Å². The van der Waals surface area contributed by atoms with Gasteiger partial charge in [0.1, 0.15) is 0 Å². The number of fused-ring (bicyclic) bond motifs is 2. The van der Waals surface area contributed by atoms with Gasteiger partial charge in [0.2, 0.25) is 0 Å². The van der Waals surface area contributed by atoms with E-state index in [0.717, 1.165) is 30.4 Å². The molecule has 0 spiro atoms. The normalized spacial score (nSPS) is 14.9. The summed E-state index contributed by atoms with van der Waals surface area (Å²) in [5.41, 5.74) is 2.07. The fourth-order valence-corrected chi connectivity index (χ4v) is 2.78. The van der Waals surface area contributed by atoms with E-state index >= 15 is 0 Å². The van der Waals surface area contributed by atoms with Crippen LogP contribution in [0.2, 0.25) is 0 Å². The van der Waals surface area contributed by atoms with Crippen molar-refractivity contribution in [3.8, 4) is 5.75 Å². The number of rotatable bonds is 8. The van der Waals surface area contributed by atoms with Crippen molar-refractivity contribution in [2.24, 2.45) is 0 Å². The summed E-state index contributed by atoms with van der Waals surface area (Å²) >= 11 is 0. The summed E-state index contributed by atoms with van der Waals surface area (Å²) in [6, 6.07) is 5.63. The first kappa shape index (κ1) is 35.7. The van der Waals surface area contributed by atoms with E-state index in [9.17, 15) is 0 Å². The molecule has 0 aliphatic carbocycles. The SMILES string of the molecule is CCCCCCCCCc1c2cccc1OOOOOOOOOCC2.O=S(=O)([O-])[O-].[Na+].[Na+]. The van der Waals surface area contributed by atoms with E-state index in [1.54, 1.807) is 6.07 Å². The Kier molecular flexibility index (Phi) is 24.9. The summed E-state index contributed by atoms with van der Waals surface area (Å²) in [6.07, 6.45) is 10.0. The van der Waals surface area contributed by atoms with E-state index in [0.29, 0.717) is 12.2 Å². The molecule has 1 aromatic carbocycles. The summed E-state index contributed by atoms with van der Waals surface area (Å²) in [4.78, 5) is 9.95. The second-order valence-electron chi connectivity index (χ2n) is 6.30. The molecule has 2 bridgehead atoms. The zero-order chi connectivity index (χ0) is 22.8. The van der Waals surface area contributed by atoms with Crippen LogP contribution in [-0.2, 0) is 63.4 Å². The van der Waals surface area contributed by atoms with Crippen LogP contribution in [0.25, 0.3) is 0 Å². The van der Waals surface area contributed by atoms with Crippen molar-refractivity contribution in [1.82, 2.24) is 0 Å². The fourth-order valence-electron chi connectivity index (χ4n) is 2.78. The van der Waals surface area contributed by atoms with Gasteiger partial charge in [-0.3, -0.25) is 8.42 Å². The first-order chi connectivity index (χ1) is 14.9. The second-order valence-corrected chi connectivity index (χ2v) is 7.12. The van der Waals surface area contributed by atoms with Gasteiger partial charge in [0.05, 0.1) is 6.61 Å². The van der Waals surface area contributed by atoms with Crippen molar-refractivity contribution in [3.63, 3.8) is 0 Å². The Labute approximate surface area is 236 Å². The van der Waals surface area contributed by atoms with Gasteiger partial charge in [-0.1, -0.05) is 57.6 Å². The first-order valence-electron chi connectivity index (χ1n) is 9.65. The van der Waals surface area contributed by atoms with Crippen LogP contribution in [0.3, 0.4) is 0 Å². The molecule has 1 aliphatic rings. The minimum atomic E-state index is -5.17. The Morgan fingerprint density at radius 1 is 0.818 bits per heavy atom. The standard InChI is InChI=1S/C17H26O9.2Na.H2O4S/c1-2-3-4-5-6-7-8-11-16-15-10-9-12-17(16)19-21-23-25-26-24-22-20-18-14-13-15;;;1-5(2,3)4/h9-10,12H,2-8,11,13-14H2,1H3;;;(H2,1,2,3,4)/q;2*+1;/p-2. The third kappa shape index (κ3) is 21.6. The van der Waals surface area contributed by atoms with Gasteiger partial charge in [0, 0.05) is 36.1 Å². The number of hydrogen-bond donors (Lipinski definition) is 0. The van der Waals surface area contributed by atoms with Crippen molar-refractivity contribution in [3.05, 3.63) is 29.3 Å². The molecule has 0 saturated carbocycles. The molecule has 180 valence electrons. The molecule has 1 aromatic rings. The van der Waals surface area contributed by atoms with Gasteiger partial charge in [-0.05, 0) is 46.0 Å². The molecule has 2 rings (SSSR count). The van der Waals surface area contributed by atoms with E-state index in [1.807, 2.05) is 12.1 Å². The molecular formula is C17H26Na2O13S. The molecular weight excluding hydrogens is 490 g/mol. The minimum absolute atomic E-state index is 0. The molecule has 0 unspecified atom stereocenters. The third-order valence-electron chi connectivity index (χ3n) is 4.05. The summed E-state index contributed by atoms with van der Waals surface area (Å²) in [7, 11) is -5.17. The van der Waals surface area contributed by atoms with Crippen LogP contribution in [0.4, 0.5) is 0 Å². The largest absolute Gasteiger partial charge is 1.00 e. The predicted molar refractivity (Wildman–Crippen MR) is 96.5 cm³/mol. The quantitative estimate of drug-likeness (QED) is 0.113. The first-order valence-corrected chi connectivity index (χ1v) is 11.0. The number of unbranched alkanes of at least 4 members (excludes halogenated alkanes) is 6. The molecule has 0 saturated heterocycles. The van der Waals surface area contributed by atoms with Crippen LogP contribution >= 0.6 is 0 Å². The monoisotopic (exact) mass is 516 g/mol. The number of benzene rings is 1. The summed E-state index contributed by atoms with van der Waals surface area (Å²) < 4.78 is 34.1. The minimum Gasteiger partial charge on any atom is -0.759 e. The summed E-state index contributed by atoms with van der Waals surface area (Å²) in [5.74, 6) is 0.534. The molecule has 33 heavy (non-hydrogen) atoms. The van der Waals surface area contributed by atoms with E-state index in [4.69, 9.17) is 27.3 Å². The van der Waals surface area contributed by atoms with E-state index < -0.39 is 10.4 Å². The van der Waals surface area contributed by atoms with Crippen LogP contribution in [0.15, 0.2) is 18.2 Å². The van der Waals surface area contributed by atoms with E-state index in [2.05, 4.69) is 42.2 Å². The number of hydrogen-bond acceptors (Lipinski definition) is 13. The Morgan fingerprint density at radius 2 is 1.36 bits per heavy atom. The third-order valence-corrected chi connectivity index (χ3v) is 4.05. The van der Waals surface area contributed by atoms with Crippen LogP contribution in [0, 0.1) is 0 Å². The van der Waals surface area contributed by atoms with E-state index in [1.165, 1.54) is 32.1 Å². The van der Waals surface area contributed by atoms with Gasteiger partial charge < -0.3 is 14.0 Å².